The van der Waals surface area contributed by atoms with Crippen LogP contribution in [0.15, 0.2) is 22.3 Å². The molecule has 0 radical (unpaired) electrons. The van der Waals surface area contributed by atoms with Crippen LogP contribution >= 0.6 is 0 Å². The Kier molecular flexibility index (Phi) is 3.24. The van der Waals surface area contributed by atoms with Crippen LogP contribution in [0.25, 0.3) is 0 Å². The van der Waals surface area contributed by atoms with Crippen LogP contribution in [0.1, 0.15) is 51.4 Å². The van der Waals surface area contributed by atoms with Crippen LogP contribution in [0.5, 0.6) is 0 Å². The van der Waals surface area contributed by atoms with E-state index in [1.165, 1.54) is 51.4 Å². The molecule has 0 fully saturated rings. The molecule has 1 heteroatoms. The summed E-state index contributed by atoms with van der Waals surface area (Å²) in [6, 6.07) is 0. The zero-order valence-corrected chi connectivity index (χ0v) is 10.3. The second kappa shape index (κ2) is 4.29. The molecule has 0 saturated carbocycles. The Morgan fingerprint density at radius 3 is 2.57 bits per heavy atom. The summed E-state index contributed by atoms with van der Waals surface area (Å²) in [6.07, 6.45) is 13.6. The van der Waals surface area contributed by atoms with Gasteiger partial charge >= 0.3 is 0 Å². The molecule has 0 spiro atoms. The summed E-state index contributed by atoms with van der Waals surface area (Å²) in [7, 11) is 0. The van der Waals surface area contributed by atoms with E-state index in [1.807, 2.05) is 0 Å². The minimum Gasteiger partial charge on any atom is -0.226 e. The predicted octanol–water partition coefficient (Wildman–Crippen LogP) is 3.94. The maximum absolute atomic E-state index is 2.50. The Bertz CT molecular complexity index is 266. The first kappa shape index (κ1) is 10.6. The molecule has 74 valence electrons. The molecule has 14 heavy (non-hydrogen) atoms. The van der Waals surface area contributed by atoms with Crippen molar-refractivity contribution >= 4 is 0 Å². The van der Waals surface area contributed by atoms with Crippen LogP contribution in [0, 0.1) is 6.42 Å². The summed E-state index contributed by atoms with van der Waals surface area (Å²) >= 11 is 0. The molecule has 0 saturated heterocycles. The van der Waals surface area contributed by atoms with Gasteiger partial charge in [-0.25, -0.2) is 12.0 Å². The number of rotatable bonds is 0. The molecule has 0 bridgehead atoms. The van der Waals surface area contributed by atoms with E-state index in [2.05, 4.69) is 6.42 Å². The van der Waals surface area contributed by atoms with Crippen molar-refractivity contribution in [2.24, 2.45) is 0 Å². The fraction of sp³-hybridized carbons (Fsp3) is 0.615. The van der Waals surface area contributed by atoms with Crippen LogP contribution in [0.2, 0.25) is 0 Å². The summed E-state index contributed by atoms with van der Waals surface area (Å²) in [5.41, 5.74) is 7.06. The third kappa shape index (κ3) is 1.63. The summed E-state index contributed by atoms with van der Waals surface area (Å²) < 4.78 is 0. The van der Waals surface area contributed by atoms with Gasteiger partial charge in [-0.1, -0.05) is 24.8 Å². The first-order chi connectivity index (χ1) is 6.45. The molecule has 0 heterocycles. The molecule has 0 aliphatic heterocycles. The minimum atomic E-state index is 0. The molecule has 0 nitrogen and oxygen atoms in total. The molecule has 0 aromatic heterocycles. The van der Waals surface area contributed by atoms with Crippen LogP contribution in [-0.2, 0) is 21.7 Å². The second-order valence-electron chi connectivity index (χ2n) is 4.57. The largest absolute Gasteiger partial charge is 0.226 e. The van der Waals surface area contributed by atoms with E-state index in [1.54, 1.807) is 22.3 Å². The molecule has 3 aliphatic rings. The Labute approximate surface area is 102 Å². The van der Waals surface area contributed by atoms with Gasteiger partial charge in [0, 0.05) is 21.7 Å². The molecule has 0 unspecified atom stereocenters. The maximum atomic E-state index is 2.50. The van der Waals surface area contributed by atoms with E-state index in [9.17, 15) is 0 Å². The zero-order chi connectivity index (χ0) is 8.67. The monoisotopic (exact) mass is 221 g/mol. The van der Waals surface area contributed by atoms with Gasteiger partial charge in [0.2, 0.25) is 0 Å². The van der Waals surface area contributed by atoms with E-state index in [-0.39, 0.29) is 21.7 Å². The summed E-state index contributed by atoms with van der Waals surface area (Å²) in [4.78, 5) is 0. The van der Waals surface area contributed by atoms with Crippen LogP contribution < -0.4 is 0 Å². The standard InChI is InChI=1S/C13H17.Ti/c1-3-7-12-10(5-1)9-11-6-2-4-8-13(11)12;/h5H,1-4,6-9H2;/q-1;. The zero-order valence-electron chi connectivity index (χ0n) is 8.73. The van der Waals surface area contributed by atoms with E-state index >= 15 is 0 Å². The third-order valence-electron chi connectivity index (χ3n) is 3.76. The predicted molar refractivity (Wildman–Crippen MR) is 55.3 cm³/mol. The maximum Gasteiger partial charge on any atom is 0 e. The average Bonchev–Trinajstić information content (AvgIpc) is 2.56. The number of fused-ring (bicyclic) bond motifs is 1. The third-order valence-corrected chi connectivity index (χ3v) is 3.76. The molecular weight excluding hydrogens is 204 g/mol. The van der Waals surface area contributed by atoms with Crippen LogP contribution in [-0.4, -0.2) is 0 Å². The van der Waals surface area contributed by atoms with Gasteiger partial charge in [-0.3, -0.25) is 0 Å². The van der Waals surface area contributed by atoms with Gasteiger partial charge in [0.15, 0.2) is 0 Å². The topological polar surface area (TPSA) is 0 Å². The minimum absolute atomic E-state index is 0. The molecule has 0 N–H and O–H groups in total. The smallest absolute Gasteiger partial charge is 0 e. The first-order valence-electron chi connectivity index (χ1n) is 5.71. The van der Waals surface area contributed by atoms with Crippen molar-refractivity contribution in [3.05, 3.63) is 28.7 Å². The summed E-state index contributed by atoms with van der Waals surface area (Å²) in [5.74, 6) is 0. The van der Waals surface area contributed by atoms with Gasteiger partial charge in [0.05, 0.1) is 0 Å². The molecule has 3 rings (SSSR count). The number of hydrogen-bond donors (Lipinski definition) is 0. The fourth-order valence-corrected chi connectivity index (χ4v) is 3.12. The summed E-state index contributed by atoms with van der Waals surface area (Å²) in [6.45, 7) is 0. The Hall–Kier alpha value is 0.0643. The van der Waals surface area contributed by atoms with Gasteiger partial charge < -0.3 is 0 Å². The first-order valence-corrected chi connectivity index (χ1v) is 5.71. The molecule has 0 amide bonds. The van der Waals surface area contributed by atoms with E-state index in [0.29, 0.717) is 0 Å². The molecular formula is C13H17Ti-. The Morgan fingerprint density at radius 2 is 1.64 bits per heavy atom. The van der Waals surface area contributed by atoms with Crippen molar-refractivity contribution in [2.45, 2.75) is 51.4 Å². The Morgan fingerprint density at radius 1 is 0.857 bits per heavy atom. The molecule has 0 atom stereocenters. The van der Waals surface area contributed by atoms with E-state index in [4.69, 9.17) is 0 Å². The molecule has 3 aliphatic carbocycles. The van der Waals surface area contributed by atoms with Gasteiger partial charge in [-0.15, -0.1) is 12.0 Å². The molecule has 0 aromatic carbocycles. The van der Waals surface area contributed by atoms with E-state index in [0.717, 1.165) is 0 Å². The Balaban J connectivity index is 0.000000750. The normalized spacial score (nSPS) is 25.1. The number of hydrogen-bond acceptors (Lipinski definition) is 0. The van der Waals surface area contributed by atoms with Gasteiger partial charge in [0.25, 0.3) is 0 Å². The van der Waals surface area contributed by atoms with Crippen molar-refractivity contribution in [2.75, 3.05) is 0 Å². The average molecular weight is 221 g/mol. The van der Waals surface area contributed by atoms with Gasteiger partial charge in [-0.05, 0) is 25.7 Å². The quantitative estimate of drug-likeness (QED) is 0.429. The van der Waals surface area contributed by atoms with Crippen LogP contribution in [0.3, 0.4) is 0 Å². The second-order valence-corrected chi connectivity index (χ2v) is 4.57. The number of allylic oxidation sites excluding steroid dienone is 4. The van der Waals surface area contributed by atoms with Crippen molar-refractivity contribution < 1.29 is 21.7 Å². The van der Waals surface area contributed by atoms with Crippen molar-refractivity contribution in [1.82, 2.24) is 0 Å². The van der Waals surface area contributed by atoms with Crippen LogP contribution in [0.4, 0.5) is 0 Å². The summed E-state index contributed by atoms with van der Waals surface area (Å²) in [5, 5.41) is 0. The van der Waals surface area contributed by atoms with Crippen molar-refractivity contribution in [1.29, 1.82) is 0 Å². The molecule has 0 aromatic rings. The van der Waals surface area contributed by atoms with Crippen molar-refractivity contribution in [3.63, 3.8) is 0 Å². The van der Waals surface area contributed by atoms with Gasteiger partial charge in [-0.2, -0.15) is 5.57 Å². The van der Waals surface area contributed by atoms with Crippen molar-refractivity contribution in [3.8, 4) is 0 Å². The SMILES string of the molecule is [CH-]1CCCC2=C1CC1=C2CCCC1.[Ti]. The van der Waals surface area contributed by atoms with Gasteiger partial charge in [0.1, 0.15) is 0 Å². The van der Waals surface area contributed by atoms with E-state index < -0.39 is 0 Å². The fourth-order valence-electron chi connectivity index (χ4n) is 3.12.